The predicted octanol–water partition coefficient (Wildman–Crippen LogP) is 4.96. The SMILES string of the molecule is C[C@H](c1ccccc1CCC(=O)NCCN1CCOCC1)N(c1cc(F)ccc1F)S(=O)(=O)c1ccc(Cl)cc1. The summed E-state index contributed by atoms with van der Waals surface area (Å²) in [7, 11) is -4.35. The van der Waals surface area contributed by atoms with E-state index in [2.05, 4.69) is 10.2 Å². The Balaban J connectivity index is 1.57. The number of halogens is 3. The fourth-order valence-corrected chi connectivity index (χ4v) is 6.49. The Kier molecular flexibility index (Phi) is 10.1. The van der Waals surface area contributed by atoms with Gasteiger partial charge in [0.05, 0.1) is 29.8 Å². The number of rotatable bonds is 11. The molecule has 1 aliphatic heterocycles. The van der Waals surface area contributed by atoms with Crippen molar-refractivity contribution in [2.24, 2.45) is 0 Å². The number of ether oxygens (including phenoxy) is 1. The van der Waals surface area contributed by atoms with Crippen LogP contribution in [-0.2, 0) is 26.0 Å². The van der Waals surface area contributed by atoms with Gasteiger partial charge >= 0.3 is 0 Å². The number of aryl methyl sites for hydroxylation is 1. The van der Waals surface area contributed by atoms with E-state index in [0.29, 0.717) is 36.8 Å². The highest BCUT2D eigenvalue weighted by Crippen LogP contribution is 2.37. The number of carbonyl (C=O) groups is 1. The van der Waals surface area contributed by atoms with E-state index in [0.717, 1.165) is 47.7 Å². The summed E-state index contributed by atoms with van der Waals surface area (Å²) in [5.41, 5.74) is 0.884. The van der Waals surface area contributed by atoms with Crippen LogP contribution in [0, 0.1) is 11.6 Å². The zero-order chi connectivity index (χ0) is 28.7. The lowest BCUT2D eigenvalue weighted by atomic mass is 9.97. The molecule has 40 heavy (non-hydrogen) atoms. The summed E-state index contributed by atoms with van der Waals surface area (Å²) in [6.45, 7) is 5.91. The number of hydrogen-bond acceptors (Lipinski definition) is 5. The van der Waals surface area contributed by atoms with Gasteiger partial charge in [0.1, 0.15) is 11.6 Å². The quantitative estimate of drug-likeness (QED) is 0.341. The zero-order valence-electron chi connectivity index (χ0n) is 22.2. The van der Waals surface area contributed by atoms with Crippen molar-refractivity contribution in [3.05, 3.63) is 94.5 Å². The second kappa shape index (κ2) is 13.5. The van der Waals surface area contributed by atoms with Crippen molar-refractivity contribution in [1.29, 1.82) is 0 Å². The van der Waals surface area contributed by atoms with Gasteiger partial charge in [-0.3, -0.25) is 14.0 Å². The lowest BCUT2D eigenvalue weighted by molar-refractivity contribution is -0.121. The summed E-state index contributed by atoms with van der Waals surface area (Å²) in [6, 6.07) is 14.3. The van der Waals surface area contributed by atoms with Gasteiger partial charge in [0.25, 0.3) is 10.0 Å². The summed E-state index contributed by atoms with van der Waals surface area (Å²) < 4.78 is 63.3. The summed E-state index contributed by atoms with van der Waals surface area (Å²) >= 11 is 5.96. The molecular weight excluding hydrogens is 560 g/mol. The fraction of sp³-hybridized carbons (Fsp3) is 0.345. The second-order valence-electron chi connectivity index (χ2n) is 9.53. The zero-order valence-corrected chi connectivity index (χ0v) is 23.7. The Morgan fingerprint density at radius 3 is 2.50 bits per heavy atom. The van der Waals surface area contributed by atoms with Gasteiger partial charge in [0.2, 0.25) is 5.91 Å². The van der Waals surface area contributed by atoms with Crippen molar-refractivity contribution in [2.75, 3.05) is 43.7 Å². The van der Waals surface area contributed by atoms with E-state index in [1.807, 2.05) is 6.07 Å². The maximum atomic E-state index is 15.1. The van der Waals surface area contributed by atoms with Gasteiger partial charge < -0.3 is 10.1 Å². The molecule has 0 spiro atoms. The van der Waals surface area contributed by atoms with E-state index < -0.39 is 33.4 Å². The molecule has 3 aromatic rings. The van der Waals surface area contributed by atoms with Crippen molar-refractivity contribution in [1.82, 2.24) is 10.2 Å². The van der Waals surface area contributed by atoms with E-state index in [1.54, 1.807) is 25.1 Å². The fourth-order valence-electron chi connectivity index (χ4n) is 4.73. The predicted molar refractivity (Wildman–Crippen MR) is 151 cm³/mol. The molecule has 11 heteroatoms. The number of nitrogens with zero attached hydrogens (tertiary/aromatic N) is 2. The van der Waals surface area contributed by atoms with Crippen molar-refractivity contribution in [3.8, 4) is 0 Å². The van der Waals surface area contributed by atoms with Gasteiger partial charge in [-0.2, -0.15) is 0 Å². The van der Waals surface area contributed by atoms with Gasteiger partial charge in [-0.25, -0.2) is 17.2 Å². The molecule has 0 radical (unpaired) electrons. The normalized spacial score (nSPS) is 15.0. The molecule has 0 unspecified atom stereocenters. The molecule has 1 saturated heterocycles. The number of hydrogen-bond donors (Lipinski definition) is 1. The summed E-state index contributed by atoms with van der Waals surface area (Å²) in [4.78, 5) is 14.7. The molecule has 1 fully saturated rings. The third kappa shape index (κ3) is 7.37. The molecule has 0 saturated carbocycles. The monoisotopic (exact) mass is 591 g/mol. The number of sulfonamides is 1. The van der Waals surface area contributed by atoms with Gasteiger partial charge in [-0.1, -0.05) is 35.9 Å². The van der Waals surface area contributed by atoms with E-state index in [-0.39, 0.29) is 17.2 Å². The third-order valence-corrected chi connectivity index (χ3v) is 9.00. The van der Waals surface area contributed by atoms with Crippen LogP contribution in [0.3, 0.4) is 0 Å². The van der Waals surface area contributed by atoms with Crippen LogP contribution in [0.1, 0.15) is 30.5 Å². The number of benzene rings is 3. The molecule has 1 atom stereocenters. The minimum absolute atomic E-state index is 0.121. The van der Waals surface area contributed by atoms with E-state index in [1.165, 1.54) is 24.3 Å². The molecule has 7 nitrogen and oxygen atoms in total. The molecular formula is C29H32ClF2N3O4S. The lowest BCUT2D eigenvalue weighted by Gasteiger charge is -2.32. The van der Waals surface area contributed by atoms with Crippen LogP contribution >= 0.6 is 11.6 Å². The van der Waals surface area contributed by atoms with E-state index in [9.17, 15) is 17.6 Å². The molecule has 0 aromatic heterocycles. The first-order valence-corrected chi connectivity index (χ1v) is 14.9. The third-order valence-electron chi connectivity index (χ3n) is 6.85. The number of carbonyl (C=O) groups excluding carboxylic acids is 1. The first kappa shape index (κ1) is 29.9. The molecule has 0 aliphatic carbocycles. The first-order chi connectivity index (χ1) is 19.2. The number of amides is 1. The average molecular weight is 592 g/mol. The van der Waals surface area contributed by atoms with Crippen molar-refractivity contribution in [2.45, 2.75) is 30.7 Å². The Morgan fingerprint density at radius 1 is 1.07 bits per heavy atom. The Morgan fingerprint density at radius 2 is 1.77 bits per heavy atom. The molecule has 214 valence electrons. The summed E-state index contributed by atoms with van der Waals surface area (Å²) in [6.07, 6.45) is 0.523. The van der Waals surface area contributed by atoms with Gasteiger partial charge in [0, 0.05) is 43.7 Å². The second-order valence-corrected chi connectivity index (χ2v) is 11.8. The molecule has 0 bridgehead atoms. The Labute approximate surface area is 238 Å². The smallest absolute Gasteiger partial charge is 0.264 e. The largest absolute Gasteiger partial charge is 0.379 e. The van der Waals surface area contributed by atoms with Gasteiger partial charge in [-0.05, 0) is 60.9 Å². The van der Waals surface area contributed by atoms with Gasteiger partial charge in [0.15, 0.2) is 0 Å². The molecule has 1 aliphatic rings. The van der Waals surface area contributed by atoms with Crippen LogP contribution in [0.2, 0.25) is 5.02 Å². The topological polar surface area (TPSA) is 79.0 Å². The number of anilines is 1. The number of nitrogens with one attached hydrogen (secondary N) is 1. The highest BCUT2D eigenvalue weighted by Gasteiger charge is 2.33. The Bertz CT molecular complexity index is 1420. The molecule has 1 amide bonds. The highest BCUT2D eigenvalue weighted by molar-refractivity contribution is 7.92. The standard InChI is InChI=1S/C29H32ClF2N3O4S/c1-21(26-5-3-2-4-22(26)6-13-29(36)33-14-15-34-16-18-39-19-17-34)35(28-20-24(31)9-12-27(28)32)40(37,38)25-10-7-23(30)8-11-25/h2-5,7-12,20-21H,6,13-19H2,1H3,(H,33,36)/t21-/m1/s1. The number of morpholine rings is 1. The van der Waals surface area contributed by atoms with Crippen LogP contribution in [-0.4, -0.2) is 58.6 Å². The molecule has 1 N–H and O–H groups in total. The lowest BCUT2D eigenvalue weighted by Crippen LogP contribution is -2.41. The van der Waals surface area contributed by atoms with Crippen molar-refractivity contribution < 1.29 is 26.7 Å². The van der Waals surface area contributed by atoms with Crippen molar-refractivity contribution in [3.63, 3.8) is 0 Å². The minimum Gasteiger partial charge on any atom is -0.379 e. The molecule has 4 rings (SSSR count). The summed E-state index contributed by atoms with van der Waals surface area (Å²) in [5, 5.41) is 3.27. The van der Waals surface area contributed by atoms with E-state index in [4.69, 9.17) is 16.3 Å². The maximum Gasteiger partial charge on any atom is 0.264 e. The van der Waals surface area contributed by atoms with Crippen LogP contribution in [0.25, 0.3) is 0 Å². The minimum atomic E-state index is -4.35. The van der Waals surface area contributed by atoms with Crippen LogP contribution in [0.4, 0.5) is 14.5 Å². The Hall–Kier alpha value is -3.05. The van der Waals surface area contributed by atoms with Gasteiger partial charge in [-0.15, -0.1) is 0 Å². The first-order valence-electron chi connectivity index (χ1n) is 13.1. The average Bonchev–Trinajstić information content (AvgIpc) is 2.94. The highest BCUT2D eigenvalue weighted by atomic mass is 35.5. The van der Waals surface area contributed by atoms with Crippen molar-refractivity contribution >= 4 is 33.2 Å². The van der Waals surface area contributed by atoms with Crippen LogP contribution in [0.15, 0.2) is 71.6 Å². The van der Waals surface area contributed by atoms with Crippen LogP contribution < -0.4 is 9.62 Å². The molecule has 3 aromatic carbocycles. The summed E-state index contributed by atoms with van der Waals surface area (Å²) in [5.74, 6) is -1.79. The van der Waals surface area contributed by atoms with E-state index >= 15 is 4.39 Å². The van der Waals surface area contributed by atoms with Crippen LogP contribution in [0.5, 0.6) is 0 Å². The maximum absolute atomic E-state index is 15.1. The molecule has 1 heterocycles.